The SMILES string of the molecule is CCCCN(N=O)c1ccccc1Cl. The number of para-hydroxylation sites is 1. The molecule has 0 aliphatic carbocycles. The van der Waals surface area contributed by atoms with E-state index in [1.54, 1.807) is 12.1 Å². The van der Waals surface area contributed by atoms with Crippen LogP contribution in [0.2, 0.25) is 5.02 Å². The van der Waals surface area contributed by atoms with Crippen LogP contribution in [0.3, 0.4) is 0 Å². The van der Waals surface area contributed by atoms with Gasteiger partial charge in [0.15, 0.2) is 0 Å². The van der Waals surface area contributed by atoms with E-state index in [2.05, 4.69) is 12.2 Å². The van der Waals surface area contributed by atoms with Crippen LogP contribution in [0.5, 0.6) is 0 Å². The molecule has 0 atom stereocenters. The van der Waals surface area contributed by atoms with Gasteiger partial charge in [-0.3, -0.25) is 0 Å². The van der Waals surface area contributed by atoms with Crippen molar-refractivity contribution in [1.82, 2.24) is 0 Å². The third-order valence-electron chi connectivity index (χ3n) is 1.95. The van der Waals surface area contributed by atoms with Crippen molar-refractivity contribution >= 4 is 17.3 Å². The van der Waals surface area contributed by atoms with Gasteiger partial charge in [-0.1, -0.05) is 37.1 Å². The van der Waals surface area contributed by atoms with Gasteiger partial charge in [0.25, 0.3) is 0 Å². The van der Waals surface area contributed by atoms with Gasteiger partial charge >= 0.3 is 0 Å². The molecule has 0 heterocycles. The Hall–Kier alpha value is -1.09. The van der Waals surface area contributed by atoms with Crippen molar-refractivity contribution in [1.29, 1.82) is 0 Å². The molecule has 0 bridgehead atoms. The first-order valence-electron chi connectivity index (χ1n) is 4.65. The summed E-state index contributed by atoms with van der Waals surface area (Å²) in [5.74, 6) is 0. The Morgan fingerprint density at radius 3 is 2.71 bits per heavy atom. The summed E-state index contributed by atoms with van der Waals surface area (Å²) < 4.78 is 0. The van der Waals surface area contributed by atoms with Crippen molar-refractivity contribution in [3.05, 3.63) is 34.2 Å². The van der Waals surface area contributed by atoms with Crippen LogP contribution in [0.1, 0.15) is 19.8 Å². The lowest BCUT2D eigenvalue weighted by Crippen LogP contribution is -2.16. The highest BCUT2D eigenvalue weighted by atomic mass is 35.5. The van der Waals surface area contributed by atoms with Gasteiger partial charge in [0, 0.05) is 6.54 Å². The molecule has 1 aromatic rings. The van der Waals surface area contributed by atoms with E-state index in [1.165, 1.54) is 5.01 Å². The second-order valence-electron chi connectivity index (χ2n) is 3.01. The molecule has 14 heavy (non-hydrogen) atoms. The van der Waals surface area contributed by atoms with Crippen molar-refractivity contribution in [3.8, 4) is 0 Å². The highest BCUT2D eigenvalue weighted by Gasteiger charge is 2.08. The maximum atomic E-state index is 10.6. The van der Waals surface area contributed by atoms with Crippen molar-refractivity contribution in [2.75, 3.05) is 11.6 Å². The monoisotopic (exact) mass is 212 g/mol. The average Bonchev–Trinajstić information content (AvgIpc) is 2.21. The third kappa shape index (κ3) is 2.70. The number of rotatable bonds is 5. The molecule has 0 saturated carbocycles. The summed E-state index contributed by atoms with van der Waals surface area (Å²) in [6, 6.07) is 7.21. The van der Waals surface area contributed by atoms with Gasteiger partial charge in [-0.05, 0) is 18.6 Å². The molecule has 0 N–H and O–H groups in total. The second kappa shape index (κ2) is 5.60. The number of hydrogen-bond acceptors (Lipinski definition) is 2. The van der Waals surface area contributed by atoms with Crippen molar-refractivity contribution in [3.63, 3.8) is 0 Å². The van der Waals surface area contributed by atoms with Crippen LogP contribution < -0.4 is 5.01 Å². The van der Waals surface area contributed by atoms with Crippen LogP contribution in [0, 0.1) is 4.91 Å². The fourth-order valence-electron chi connectivity index (χ4n) is 1.17. The van der Waals surface area contributed by atoms with Crippen LogP contribution in [0.15, 0.2) is 29.6 Å². The van der Waals surface area contributed by atoms with Crippen LogP contribution in [-0.4, -0.2) is 6.54 Å². The Bertz CT molecular complexity index is 304. The fourth-order valence-corrected chi connectivity index (χ4v) is 1.41. The highest BCUT2D eigenvalue weighted by Crippen LogP contribution is 2.25. The lowest BCUT2D eigenvalue weighted by molar-refractivity contribution is 0.737. The van der Waals surface area contributed by atoms with Gasteiger partial charge in [-0.15, -0.1) is 4.91 Å². The van der Waals surface area contributed by atoms with Crippen LogP contribution in [0.25, 0.3) is 0 Å². The van der Waals surface area contributed by atoms with Crippen molar-refractivity contribution in [2.24, 2.45) is 5.29 Å². The van der Waals surface area contributed by atoms with Crippen LogP contribution >= 0.6 is 11.6 Å². The smallest absolute Gasteiger partial charge is 0.0812 e. The first kappa shape index (κ1) is 11.0. The minimum atomic E-state index is 0.559. The van der Waals surface area contributed by atoms with Crippen molar-refractivity contribution < 1.29 is 0 Å². The average molecular weight is 213 g/mol. The Morgan fingerprint density at radius 1 is 1.43 bits per heavy atom. The zero-order chi connectivity index (χ0) is 10.4. The predicted molar refractivity (Wildman–Crippen MR) is 59.5 cm³/mol. The fraction of sp³-hybridized carbons (Fsp3) is 0.400. The van der Waals surface area contributed by atoms with E-state index in [-0.39, 0.29) is 0 Å². The normalized spacial score (nSPS) is 9.86. The van der Waals surface area contributed by atoms with Gasteiger partial charge in [-0.2, -0.15) is 0 Å². The number of unbranched alkanes of at least 4 members (excludes halogenated alkanes) is 1. The number of nitrogens with zero attached hydrogens (tertiary/aromatic N) is 2. The lowest BCUT2D eigenvalue weighted by atomic mass is 10.3. The Balaban J connectivity index is 2.78. The minimum Gasteiger partial charge on any atom is -0.228 e. The molecule has 3 nitrogen and oxygen atoms in total. The second-order valence-corrected chi connectivity index (χ2v) is 3.42. The number of hydrogen-bond donors (Lipinski definition) is 0. The van der Waals surface area contributed by atoms with Gasteiger partial charge in [0.05, 0.1) is 16.0 Å². The third-order valence-corrected chi connectivity index (χ3v) is 2.27. The van der Waals surface area contributed by atoms with E-state index in [0.717, 1.165) is 12.8 Å². The summed E-state index contributed by atoms with van der Waals surface area (Å²) >= 11 is 5.94. The van der Waals surface area contributed by atoms with Crippen LogP contribution in [0.4, 0.5) is 5.69 Å². The summed E-state index contributed by atoms with van der Waals surface area (Å²) in [5, 5.41) is 4.91. The maximum absolute atomic E-state index is 10.6. The van der Waals surface area contributed by atoms with Gasteiger partial charge < -0.3 is 0 Å². The number of halogens is 1. The molecule has 0 saturated heterocycles. The van der Waals surface area contributed by atoms with Crippen LogP contribution in [-0.2, 0) is 0 Å². The molecule has 0 fully saturated rings. The molecule has 0 radical (unpaired) electrons. The largest absolute Gasteiger partial charge is 0.228 e. The van der Waals surface area contributed by atoms with Gasteiger partial charge in [0.2, 0.25) is 0 Å². The molecule has 4 heteroatoms. The summed E-state index contributed by atoms with van der Waals surface area (Å²) in [5.41, 5.74) is 0.678. The summed E-state index contributed by atoms with van der Waals surface area (Å²) in [6.07, 6.45) is 1.95. The summed E-state index contributed by atoms with van der Waals surface area (Å²) in [4.78, 5) is 10.6. The molecule has 1 aromatic carbocycles. The Morgan fingerprint density at radius 2 is 2.14 bits per heavy atom. The zero-order valence-corrected chi connectivity index (χ0v) is 8.87. The summed E-state index contributed by atoms with van der Waals surface area (Å²) in [6.45, 7) is 2.68. The van der Waals surface area contributed by atoms with Crippen molar-refractivity contribution in [2.45, 2.75) is 19.8 Å². The van der Waals surface area contributed by atoms with E-state index < -0.39 is 0 Å². The minimum absolute atomic E-state index is 0.559. The molecular weight excluding hydrogens is 200 g/mol. The standard InChI is InChI=1S/C10H13ClN2O/c1-2-3-8-13(12-14)10-7-5-4-6-9(10)11/h4-7H,2-3,8H2,1H3. The van der Waals surface area contributed by atoms with E-state index >= 15 is 0 Å². The van der Waals surface area contributed by atoms with Gasteiger partial charge in [-0.25, -0.2) is 5.01 Å². The van der Waals surface area contributed by atoms with E-state index in [0.29, 0.717) is 17.3 Å². The predicted octanol–water partition coefficient (Wildman–Crippen LogP) is 3.63. The Kier molecular flexibility index (Phi) is 4.40. The highest BCUT2D eigenvalue weighted by molar-refractivity contribution is 6.33. The molecule has 0 aromatic heterocycles. The van der Waals surface area contributed by atoms with E-state index in [1.807, 2.05) is 12.1 Å². The molecule has 0 unspecified atom stereocenters. The first-order chi connectivity index (χ1) is 6.79. The molecule has 1 rings (SSSR count). The lowest BCUT2D eigenvalue weighted by Gasteiger charge is -2.15. The van der Waals surface area contributed by atoms with Gasteiger partial charge in [0.1, 0.15) is 0 Å². The zero-order valence-electron chi connectivity index (χ0n) is 8.11. The maximum Gasteiger partial charge on any atom is 0.0812 e. The molecule has 76 valence electrons. The Labute approximate surface area is 88.6 Å². The van der Waals surface area contributed by atoms with E-state index in [4.69, 9.17) is 11.6 Å². The number of anilines is 1. The molecule has 0 amide bonds. The first-order valence-corrected chi connectivity index (χ1v) is 5.02. The topological polar surface area (TPSA) is 32.7 Å². The molecule has 0 aliphatic heterocycles. The summed E-state index contributed by atoms with van der Waals surface area (Å²) in [7, 11) is 0. The molecule has 0 aliphatic rings. The quantitative estimate of drug-likeness (QED) is 0.552. The molecule has 0 spiro atoms. The number of benzene rings is 1. The molecular formula is C10H13ClN2O. The van der Waals surface area contributed by atoms with E-state index in [9.17, 15) is 4.91 Å². The number of nitroso groups, excluding NO2 is 1.